The number of benzene rings is 1. The fraction of sp³-hybridized carbons (Fsp3) is 0.353. The second-order valence-corrected chi connectivity index (χ2v) is 6.10. The van der Waals surface area contributed by atoms with E-state index in [-0.39, 0.29) is 0 Å². The standard InChI is InChI=1S/C17H21N5S/c1-3-19-17(20-8-7-16-12-23-13(2)22-16)21-11-15-6-4-5-14(9-15)10-18/h4-6,9,12H,3,7-8,11H2,1-2H3,(H2,19,20,21). The second kappa shape index (κ2) is 8.91. The van der Waals surface area contributed by atoms with Crippen molar-refractivity contribution in [2.45, 2.75) is 26.8 Å². The van der Waals surface area contributed by atoms with E-state index in [1.54, 1.807) is 17.4 Å². The highest BCUT2D eigenvalue weighted by Crippen LogP contribution is 2.08. The minimum Gasteiger partial charge on any atom is -0.357 e. The highest BCUT2D eigenvalue weighted by atomic mass is 32.1. The van der Waals surface area contributed by atoms with Gasteiger partial charge in [0.05, 0.1) is 28.9 Å². The van der Waals surface area contributed by atoms with E-state index in [1.165, 1.54) is 0 Å². The molecule has 0 aliphatic heterocycles. The maximum absolute atomic E-state index is 8.93. The van der Waals surface area contributed by atoms with Crippen LogP contribution in [-0.4, -0.2) is 24.0 Å². The topological polar surface area (TPSA) is 73.1 Å². The van der Waals surface area contributed by atoms with Gasteiger partial charge in [0.1, 0.15) is 0 Å². The summed E-state index contributed by atoms with van der Waals surface area (Å²) < 4.78 is 0. The third kappa shape index (κ3) is 5.72. The number of aliphatic imine (C=N–C) groups is 1. The smallest absolute Gasteiger partial charge is 0.191 e. The lowest BCUT2D eigenvalue weighted by Gasteiger charge is -2.10. The van der Waals surface area contributed by atoms with Crippen LogP contribution in [0.1, 0.15) is 28.8 Å². The quantitative estimate of drug-likeness (QED) is 0.632. The van der Waals surface area contributed by atoms with Gasteiger partial charge in [0.25, 0.3) is 0 Å². The van der Waals surface area contributed by atoms with Gasteiger partial charge in [0.2, 0.25) is 0 Å². The van der Waals surface area contributed by atoms with Crippen molar-refractivity contribution >= 4 is 17.3 Å². The fourth-order valence-electron chi connectivity index (χ4n) is 2.08. The summed E-state index contributed by atoms with van der Waals surface area (Å²) in [6.45, 7) is 6.19. The summed E-state index contributed by atoms with van der Waals surface area (Å²) in [6.07, 6.45) is 0.874. The van der Waals surface area contributed by atoms with Crippen LogP contribution in [0.2, 0.25) is 0 Å². The van der Waals surface area contributed by atoms with Gasteiger partial charge in [-0.2, -0.15) is 5.26 Å². The summed E-state index contributed by atoms with van der Waals surface area (Å²) in [6, 6.07) is 9.67. The fourth-order valence-corrected chi connectivity index (χ4v) is 2.73. The Bertz CT molecular complexity index is 699. The number of hydrogen-bond acceptors (Lipinski definition) is 4. The van der Waals surface area contributed by atoms with E-state index in [9.17, 15) is 0 Å². The molecule has 0 spiro atoms. The molecule has 1 aromatic heterocycles. The van der Waals surface area contributed by atoms with Gasteiger partial charge in [0.15, 0.2) is 5.96 Å². The van der Waals surface area contributed by atoms with Crippen LogP contribution in [0.15, 0.2) is 34.6 Å². The lowest BCUT2D eigenvalue weighted by molar-refractivity contribution is 0.790. The number of aryl methyl sites for hydroxylation is 1. The lowest BCUT2D eigenvalue weighted by atomic mass is 10.1. The van der Waals surface area contributed by atoms with E-state index in [4.69, 9.17) is 5.26 Å². The van der Waals surface area contributed by atoms with Crippen LogP contribution in [0, 0.1) is 18.3 Å². The second-order valence-electron chi connectivity index (χ2n) is 5.04. The van der Waals surface area contributed by atoms with Gasteiger partial charge in [0, 0.05) is 24.9 Å². The number of thiazole rings is 1. The number of rotatable bonds is 6. The molecule has 120 valence electrons. The predicted octanol–water partition coefficient (Wildman–Crippen LogP) is 2.62. The van der Waals surface area contributed by atoms with Crippen LogP contribution >= 0.6 is 11.3 Å². The maximum Gasteiger partial charge on any atom is 0.191 e. The van der Waals surface area contributed by atoms with Gasteiger partial charge in [-0.15, -0.1) is 11.3 Å². The maximum atomic E-state index is 8.93. The Morgan fingerprint density at radius 3 is 2.96 bits per heavy atom. The molecule has 0 atom stereocenters. The molecule has 2 aromatic rings. The Labute approximate surface area is 141 Å². The Morgan fingerprint density at radius 2 is 2.26 bits per heavy atom. The average Bonchev–Trinajstić information content (AvgIpc) is 2.98. The van der Waals surface area contributed by atoms with Crippen molar-refractivity contribution in [3.63, 3.8) is 0 Å². The number of nitrogens with zero attached hydrogens (tertiary/aromatic N) is 3. The summed E-state index contributed by atoms with van der Waals surface area (Å²) in [7, 11) is 0. The van der Waals surface area contributed by atoms with E-state index < -0.39 is 0 Å². The molecule has 0 aliphatic carbocycles. The van der Waals surface area contributed by atoms with Crippen molar-refractivity contribution < 1.29 is 0 Å². The van der Waals surface area contributed by atoms with Crippen molar-refractivity contribution in [2.24, 2.45) is 4.99 Å². The molecule has 23 heavy (non-hydrogen) atoms. The van der Waals surface area contributed by atoms with Crippen LogP contribution in [0.5, 0.6) is 0 Å². The summed E-state index contributed by atoms with van der Waals surface area (Å²) in [4.78, 5) is 9.02. The molecule has 0 fully saturated rings. The van der Waals surface area contributed by atoms with Gasteiger partial charge >= 0.3 is 0 Å². The first kappa shape index (κ1) is 17.0. The normalized spacial score (nSPS) is 11.1. The van der Waals surface area contributed by atoms with Gasteiger partial charge < -0.3 is 10.6 Å². The summed E-state index contributed by atoms with van der Waals surface area (Å²) in [5.41, 5.74) is 2.79. The first-order valence-electron chi connectivity index (χ1n) is 7.63. The molecule has 0 amide bonds. The average molecular weight is 327 g/mol. The number of hydrogen-bond donors (Lipinski definition) is 2. The third-order valence-electron chi connectivity index (χ3n) is 3.16. The van der Waals surface area contributed by atoms with Gasteiger partial charge in [-0.3, -0.25) is 0 Å². The van der Waals surface area contributed by atoms with Crippen LogP contribution in [0.4, 0.5) is 0 Å². The van der Waals surface area contributed by atoms with E-state index in [0.717, 1.165) is 41.7 Å². The van der Waals surface area contributed by atoms with Gasteiger partial charge in [-0.1, -0.05) is 12.1 Å². The minimum atomic E-state index is 0.542. The molecule has 2 N–H and O–H groups in total. The monoisotopic (exact) mass is 327 g/mol. The molecule has 0 radical (unpaired) electrons. The predicted molar refractivity (Wildman–Crippen MR) is 94.5 cm³/mol. The van der Waals surface area contributed by atoms with E-state index in [2.05, 4.69) is 32.1 Å². The van der Waals surface area contributed by atoms with E-state index in [1.807, 2.05) is 32.0 Å². The zero-order chi connectivity index (χ0) is 16.5. The molecule has 2 rings (SSSR count). The Kier molecular flexibility index (Phi) is 6.57. The van der Waals surface area contributed by atoms with Crippen LogP contribution < -0.4 is 10.6 Å². The van der Waals surface area contributed by atoms with Crippen molar-refractivity contribution in [3.8, 4) is 6.07 Å². The lowest BCUT2D eigenvalue weighted by Crippen LogP contribution is -2.38. The molecule has 6 heteroatoms. The van der Waals surface area contributed by atoms with Gasteiger partial charge in [-0.05, 0) is 31.5 Å². The molecule has 0 saturated heterocycles. The number of nitrogens with one attached hydrogen (secondary N) is 2. The van der Waals surface area contributed by atoms with Gasteiger partial charge in [-0.25, -0.2) is 9.98 Å². The zero-order valence-electron chi connectivity index (χ0n) is 13.5. The molecule has 1 aromatic carbocycles. The molecule has 0 bridgehead atoms. The Balaban J connectivity index is 1.90. The molecule has 0 aliphatic rings. The molecular formula is C17H21N5S. The van der Waals surface area contributed by atoms with Crippen LogP contribution in [-0.2, 0) is 13.0 Å². The molecule has 5 nitrogen and oxygen atoms in total. The van der Waals surface area contributed by atoms with Crippen molar-refractivity contribution in [1.29, 1.82) is 5.26 Å². The summed E-state index contributed by atoms with van der Waals surface area (Å²) in [5, 5.41) is 18.7. The van der Waals surface area contributed by atoms with E-state index in [0.29, 0.717) is 12.1 Å². The highest BCUT2D eigenvalue weighted by Gasteiger charge is 2.01. The van der Waals surface area contributed by atoms with E-state index >= 15 is 0 Å². The van der Waals surface area contributed by atoms with Crippen molar-refractivity contribution in [1.82, 2.24) is 15.6 Å². The highest BCUT2D eigenvalue weighted by molar-refractivity contribution is 7.09. The van der Waals surface area contributed by atoms with Crippen molar-refractivity contribution in [2.75, 3.05) is 13.1 Å². The molecule has 1 heterocycles. The minimum absolute atomic E-state index is 0.542. The largest absolute Gasteiger partial charge is 0.357 e. The Hall–Kier alpha value is -2.39. The zero-order valence-corrected chi connectivity index (χ0v) is 14.3. The summed E-state index contributed by atoms with van der Waals surface area (Å²) in [5.74, 6) is 0.779. The third-order valence-corrected chi connectivity index (χ3v) is 3.98. The molecular weight excluding hydrogens is 306 g/mol. The first-order chi connectivity index (χ1) is 11.2. The SMILES string of the molecule is CCNC(=NCc1cccc(C#N)c1)NCCc1csc(C)n1. The summed E-state index contributed by atoms with van der Waals surface area (Å²) >= 11 is 1.67. The molecule has 0 saturated carbocycles. The van der Waals surface area contributed by atoms with Crippen LogP contribution in [0.3, 0.4) is 0 Å². The number of nitriles is 1. The number of aromatic nitrogens is 1. The number of guanidine groups is 1. The molecule has 0 unspecified atom stereocenters. The first-order valence-corrected chi connectivity index (χ1v) is 8.51. The van der Waals surface area contributed by atoms with Crippen LogP contribution in [0.25, 0.3) is 0 Å². The Morgan fingerprint density at radius 1 is 1.39 bits per heavy atom. The van der Waals surface area contributed by atoms with Crippen molar-refractivity contribution in [3.05, 3.63) is 51.5 Å².